The van der Waals surface area contributed by atoms with Crippen LogP contribution >= 0.6 is 11.3 Å². The lowest BCUT2D eigenvalue weighted by Crippen LogP contribution is -2.41. The normalized spacial score (nSPS) is 22.4. The van der Waals surface area contributed by atoms with Crippen molar-refractivity contribution >= 4 is 28.4 Å². The van der Waals surface area contributed by atoms with E-state index in [1.807, 2.05) is 33.2 Å². The second-order valence-electron chi connectivity index (χ2n) is 4.77. The number of thiazole rings is 1. The fourth-order valence-corrected chi connectivity index (χ4v) is 2.08. The molecule has 88 valence electrons. The van der Waals surface area contributed by atoms with Gasteiger partial charge in [0.05, 0.1) is 16.0 Å². The van der Waals surface area contributed by atoms with Crippen molar-refractivity contribution in [3.8, 4) is 0 Å². The largest absolute Gasteiger partial charge is 0.507 e. The van der Waals surface area contributed by atoms with Gasteiger partial charge in [-0.15, -0.1) is 11.3 Å². The Morgan fingerprint density at radius 1 is 1.31 bits per heavy atom. The molecule has 0 atom stereocenters. The zero-order chi connectivity index (χ0) is 12.0. The SMILES string of the molecule is CC1(C)OB(c2cnc(NO)s2)OC1(C)C. The minimum atomic E-state index is -0.412. The van der Waals surface area contributed by atoms with Crippen molar-refractivity contribution in [1.82, 2.24) is 4.98 Å². The van der Waals surface area contributed by atoms with Crippen molar-refractivity contribution in [2.45, 2.75) is 38.9 Å². The molecular formula is C9H15BN2O3S. The first-order valence-corrected chi connectivity index (χ1v) is 5.89. The minimum Gasteiger partial charge on any atom is -0.399 e. The third-order valence-electron chi connectivity index (χ3n) is 3.10. The minimum absolute atomic E-state index is 0.353. The summed E-state index contributed by atoms with van der Waals surface area (Å²) in [5.74, 6) is 0. The number of hydrogen-bond donors (Lipinski definition) is 2. The van der Waals surface area contributed by atoms with Crippen molar-refractivity contribution in [2.75, 3.05) is 5.48 Å². The van der Waals surface area contributed by atoms with E-state index in [-0.39, 0.29) is 11.2 Å². The van der Waals surface area contributed by atoms with Crippen LogP contribution < -0.4 is 10.3 Å². The van der Waals surface area contributed by atoms with E-state index >= 15 is 0 Å². The summed E-state index contributed by atoms with van der Waals surface area (Å²) in [7, 11) is -0.412. The Kier molecular flexibility index (Phi) is 2.74. The zero-order valence-corrected chi connectivity index (χ0v) is 10.6. The van der Waals surface area contributed by atoms with Gasteiger partial charge in [0.15, 0.2) is 0 Å². The number of anilines is 1. The molecule has 0 spiro atoms. The van der Waals surface area contributed by atoms with Gasteiger partial charge in [-0.2, -0.15) is 0 Å². The molecule has 0 bridgehead atoms. The standard InChI is InChI=1S/C9H15BN2O3S/c1-8(2)9(3,4)15-10(14-8)6-5-11-7(12-13)16-6/h5,13H,1-4H3,(H,11,12). The summed E-state index contributed by atoms with van der Waals surface area (Å²) >= 11 is 1.31. The first-order chi connectivity index (χ1) is 7.36. The highest BCUT2D eigenvalue weighted by Gasteiger charge is 2.52. The van der Waals surface area contributed by atoms with Gasteiger partial charge in [0.25, 0.3) is 0 Å². The van der Waals surface area contributed by atoms with Crippen molar-refractivity contribution < 1.29 is 14.5 Å². The molecule has 0 saturated carbocycles. The van der Waals surface area contributed by atoms with Crippen molar-refractivity contribution in [1.29, 1.82) is 0 Å². The molecule has 0 radical (unpaired) electrons. The Hall–Kier alpha value is -0.625. The summed E-state index contributed by atoms with van der Waals surface area (Å²) in [6.07, 6.45) is 1.64. The molecule has 1 aliphatic rings. The average molecular weight is 242 g/mol. The zero-order valence-electron chi connectivity index (χ0n) is 9.77. The molecule has 1 aromatic rings. The number of nitrogens with one attached hydrogen (secondary N) is 1. The van der Waals surface area contributed by atoms with Gasteiger partial charge in [-0.25, -0.2) is 10.5 Å². The predicted molar refractivity (Wildman–Crippen MR) is 63.2 cm³/mol. The molecule has 1 saturated heterocycles. The molecule has 2 N–H and O–H groups in total. The maximum Gasteiger partial charge on any atom is 0.507 e. The Labute approximate surface area is 98.9 Å². The quantitative estimate of drug-likeness (QED) is 0.603. The van der Waals surface area contributed by atoms with Crippen LogP contribution in [-0.4, -0.2) is 28.5 Å². The van der Waals surface area contributed by atoms with Crippen LogP contribution in [0.15, 0.2) is 6.20 Å². The molecule has 1 fully saturated rings. The molecule has 7 heteroatoms. The average Bonchev–Trinajstić information content (AvgIpc) is 2.70. The second-order valence-corrected chi connectivity index (χ2v) is 5.83. The van der Waals surface area contributed by atoms with Gasteiger partial charge < -0.3 is 9.31 Å². The maximum atomic E-state index is 8.72. The van der Waals surface area contributed by atoms with E-state index < -0.39 is 7.12 Å². The first kappa shape index (κ1) is 11.8. The monoisotopic (exact) mass is 242 g/mol. The topological polar surface area (TPSA) is 63.6 Å². The van der Waals surface area contributed by atoms with Crippen molar-refractivity contribution in [2.24, 2.45) is 0 Å². The van der Waals surface area contributed by atoms with Gasteiger partial charge >= 0.3 is 7.12 Å². The maximum absolute atomic E-state index is 8.72. The van der Waals surface area contributed by atoms with Gasteiger partial charge in [-0.05, 0) is 27.7 Å². The van der Waals surface area contributed by atoms with E-state index in [0.29, 0.717) is 5.13 Å². The summed E-state index contributed by atoms with van der Waals surface area (Å²) in [4.78, 5) is 3.97. The van der Waals surface area contributed by atoms with Crippen LogP contribution in [0.25, 0.3) is 0 Å². The van der Waals surface area contributed by atoms with Crippen LogP contribution in [0.1, 0.15) is 27.7 Å². The van der Waals surface area contributed by atoms with Gasteiger partial charge in [0.1, 0.15) is 0 Å². The first-order valence-electron chi connectivity index (χ1n) is 5.07. The highest BCUT2D eigenvalue weighted by atomic mass is 32.1. The highest BCUT2D eigenvalue weighted by molar-refractivity contribution is 7.25. The number of hydrogen-bond acceptors (Lipinski definition) is 6. The molecule has 1 aromatic heterocycles. The van der Waals surface area contributed by atoms with Gasteiger partial charge in [-0.1, -0.05) is 0 Å². The molecule has 16 heavy (non-hydrogen) atoms. The molecule has 1 aliphatic heterocycles. The van der Waals surface area contributed by atoms with Gasteiger partial charge in [-0.3, -0.25) is 5.21 Å². The molecular weight excluding hydrogens is 227 g/mol. The van der Waals surface area contributed by atoms with Gasteiger partial charge in [0.2, 0.25) is 5.13 Å². The lowest BCUT2D eigenvalue weighted by molar-refractivity contribution is 0.00578. The molecule has 2 rings (SSSR count). The Bertz CT molecular complexity index is 378. The van der Waals surface area contributed by atoms with E-state index in [9.17, 15) is 0 Å². The van der Waals surface area contributed by atoms with Gasteiger partial charge in [0, 0.05) is 6.20 Å². The number of aromatic nitrogens is 1. The predicted octanol–water partition coefficient (Wildman–Crippen LogP) is 1.24. The van der Waals surface area contributed by atoms with E-state index in [0.717, 1.165) is 4.78 Å². The van der Waals surface area contributed by atoms with Crippen LogP contribution in [0.5, 0.6) is 0 Å². The van der Waals surface area contributed by atoms with Crippen molar-refractivity contribution in [3.05, 3.63) is 6.20 Å². The second kappa shape index (κ2) is 3.70. The Balaban J connectivity index is 2.20. The summed E-state index contributed by atoms with van der Waals surface area (Å²) < 4.78 is 12.5. The fourth-order valence-electron chi connectivity index (χ4n) is 1.41. The molecule has 2 heterocycles. The summed E-state index contributed by atoms with van der Waals surface area (Å²) in [5, 5.41) is 9.15. The highest BCUT2D eigenvalue weighted by Crippen LogP contribution is 2.36. The van der Waals surface area contributed by atoms with E-state index in [1.165, 1.54) is 11.3 Å². The molecule has 0 amide bonds. The number of rotatable bonds is 2. The molecule has 5 nitrogen and oxygen atoms in total. The molecule has 0 unspecified atom stereocenters. The van der Waals surface area contributed by atoms with Crippen LogP contribution in [-0.2, 0) is 9.31 Å². The Morgan fingerprint density at radius 3 is 2.31 bits per heavy atom. The summed E-state index contributed by atoms with van der Waals surface area (Å²) in [6, 6.07) is 0. The summed E-state index contributed by atoms with van der Waals surface area (Å²) in [5.41, 5.74) is 1.30. The lowest BCUT2D eigenvalue weighted by Gasteiger charge is -2.32. The third kappa shape index (κ3) is 1.84. The van der Waals surface area contributed by atoms with Crippen molar-refractivity contribution in [3.63, 3.8) is 0 Å². The smallest absolute Gasteiger partial charge is 0.399 e. The third-order valence-corrected chi connectivity index (χ3v) is 4.03. The van der Waals surface area contributed by atoms with E-state index in [2.05, 4.69) is 4.98 Å². The van der Waals surface area contributed by atoms with E-state index in [4.69, 9.17) is 14.5 Å². The van der Waals surface area contributed by atoms with E-state index in [1.54, 1.807) is 6.20 Å². The molecule has 0 aliphatic carbocycles. The Morgan fingerprint density at radius 2 is 1.88 bits per heavy atom. The summed E-state index contributed by atoms with van der Waals surface area (Å²) in [6.45, 7) is 8.00. The van der Waals surface area contributed by atoms with Crippen LogP contribution in [0, 0.1) is 0 Å². The molecule has 0 aromatic carbocycles. The van der Waals surface area contributed by atoms with Crippen LogP contribution in [0.4, 0.5) is 5.13 Å². The lowest BCUT2D eigenvalue weighted by atomic mass is 9.89. The van der Waals surface area contributed by atoms with Crippen LogP contribution in [0.2, 0.25) is 0 Å². The fraction of sp³-hybridized carbons (Fsp3) is 0.667. The number of nitrogens with zero attached hydrogens (tertiary/aromatic N) is 1. The van der Waals surface area contributed by atoms with Crippen LogP contribution in [0.3, 0.4) is 0 Å².